The monoisotopic (exact) mass is 285 g/mol. The van der Waals surface area contributed by atoms with Crippen LogP contribution in [-0.2, 0) is 0 Å². The first-order valence-corrected chi connectivity index (χ1v) is 6.75. The quantitative estimate of drug-likeness (QED) is 0.751. The summed E-state index contributed by atoms with van der Waals surface area (Å²) in [6.07, 6.45) is 0. The lowest BCUT2D eigenvalue weighted by atomic mass is 10.2. The molecule has 5 heteroatoms. The first-order valence-electron chi connectivity index (χ1n) is 6.75. The second-order valence-corrected chi connectivity index (χ2v) is 4.63. The number of aryl methyl sites for hydroxylation is 1. The molecule has 0 unspecified atom stereocenters. The Morgan fingerprint density at radius 2 is 1.86 bits per heavy atom. The molecule has 21 heavy (non-hydrogen) atoms. The van der Waals surface area contributed by atoms with Crippen molar-refractivity contribution in [2.75, 3.05) is 23.0 Å². The van der Waals surface area contributed by atoms with Gasteiger partial charge in [0.05, 0.1) is 18.0 Å². The largest absolute Gasteiger partial charge is 0.494 e. The molecule has 110 valence electrons. The molecule has 0 aliphatic rings. The summed E-state index contributed by atoms with van der Waals surface area (Å²) in [5.74, 6) is 0.770. The lowest BCUT2D eigenvalue weighted by Crippen LogP contribution is -2.20. The van der Waals surface area contributed by atoms with Gasteiger partial charge >= 0.3 is 6.03 Å². The maximum Gasteiger partial charge on any atom is 0.323 e. The summed E-state index contributed by atoms with van der Waals surface area (Å²) < 4.78 is 5.35. The summed E-state index contributed by atoms with van der Waals surface area (Å²) in [4.78, 5) is 11.9. The van der Waals surface area contributed by atoms with E-state index in [1.807, 2.05) is 26.0 Å². The summed E-state index contributed by atoms with van der Waals surface area (Å²) in [6.45, 7) is 4.47. The second kappa shape index (κ2) is 6.65. The third-order valence-corrected chi connectivity index (χ3v) is 2.88. The number of ether oxygens (including phenoxy) is 1. The van der Waals surface area contributed by atoms with Crippen molar-refractivity contribution in [1.29, 1.82) is 0 Å². The van der Waals surface area contributed by atoms with Gasteiger partial charge in [0.2, 0.25) is 0 Å². The molecule has 0 atom stereocenters. The van der Waals surface area contributed by atoms with Gasteiger partial charge in [-0.3, -0.25) is 0 Å². The number of nitrogens with one attached hydrogen (secondary N) is 2. The predicted molar refractivity (Wildman–Crippen MR) is 85.8 cm³/mol. The molecule has 0 aliphatic heterocycles. The van der Waals surface area contributed by atoms with Crippen LogP contribution in [0.4, 0.5) is 21.9 Å². The highest BCUT2D eigenvalue weighted by molar-refractivity contribution is 6.01. The smallest absolute Gasteiger partial charge is 0.323 e. The fraction of sp³-hybridized carbons (Fsp3) is 0.188. The molecule has 2 aromatic rings. The van der Waals surface area contributed by atoms with E-state index in [1.165, 1.54) is 0 Å². The molecule has 0 radical (unpaired) electrons. The number of hydrogen-bond acceptors (Lipinski definition) is 3. The fourth-order valence-corrected chi connectivity index (χ4v) is 1.86. The number of benzene rings is 2. The van der Waals surface area contributed by atoms with Crippen molar-refractivity contribution < 1.29 is 9.53 Å². The van der Waals surface area contributed by atoms with Crippen LogP contribution in [0, 0.1) is 6.92 Å². The van der Waals surface area contributed by atoms with Crippen LogP contribution in [0.5, 0.6) is 5.75 Å². The highest BCUT2D eigenvalue weighted by atomic mass is 16.5. The Kier molecular flexibility index (Phi) is 4.66. The van der Waals surface area contributed by atoms with E-state index in [0.29, 0.717) is 23.7 Å². The SMILES string of the molecule is CCOc1ccc(NC(=O)Nc2cc(C)ccc2N)cc1. The van der Waals surface area contributed by atoms with Gasteiger partial charge in [0.25, 0.3) is 0 Å². The fourth-order valence-electron chi connectivity index (χ4n) is 1.86. The first-order chi connectivity index (χ1) is 10.1. The minimum atomic E-state index is -0.337. The molecule has 0 heterocycles. The van der Waals surface area contributed by atoms with Crippen molar-refractivity contribution >= 4 is 23.1 Å². The molecule has 2 rings (SSSR count). The zero-order chi connectivity index (χ0) is 15.2. The maximum atomic E-state index is 11.9. The van der Waals surface area contributed by atoms with Crippen LogP contribution in [0.15, 0.2) is 42.5 Å². The molecule has 0 saturated carbocycles. The third-order valence-electron chi connectivity index (χ3n) is 2.88. The van der Waals surface area contributed by atoms with Crippen molar-refractivity contribution in [3.05, 3.63) is 48.0 Å². The number of anilines is 3. The van der Waals surface area contributed by atoms with E-state index in [1.54, 1.807) is 30.3 Å². The van der Waals surface area contributed by atoms with E-state index < -0.39 is 0 Å². The molecule has 4 N–H and O–H groups in total. The summed E-state index contributed by atoms with van der Waals surface area (Å²) in [5.41, 5.74) is 8.66. The number of nitrogen functional groups attached to an aromatic ring is 1. The van der Waals surface area contributed by atoms with Crippen LogP contribution >= 0.6 is 0 Å². The summed E-state index contributed by atoms with van der Waals surface area (Å²) >= 11 is 0. The molecule has 2 amide bonds. The van der Waals surface area contributed by atoms with Crippen LogP contribution in [0.3, 0.4) is 0 Å². The van der Waals surface area contributed by atoms with Crippen LogP contribution in [0.1, 0.15) is 12.5 Å². The number of nitrogens with two attached hydrogens (primary N) is 1. The molecular weight excluding hydrogens is 266 g/mol. The number of carbonyl (C=O) groups is 1. The van der Waals surface area contributed by atoms with Gasteiger partial charge in [-0.1, -0.05) is 6.07 Å². The average molecular weight is 285 g/mol. The van der Waals surface area contributed by atoms with E-state index in [9.17, 15) is 4.79 Å². The van der Waals surface area contributed by atoms with Gasteiger partial charge in [0, 0.05) is 5.69 Å². The molecule has 0 aliphatic carbocycles. The topological polar surface area (TPSA) is 76.4 Å². The van der Waals surface area contributed by atoms with Crippen LogP contribution < -0.4 is 21.1 Å². The molecule has 5 nitrogen and oxygen atoms in total. The minimum Gasteiger partial charge on any atom is -0.494 e. The van der Waals surface area contributed by atoms with Crippen LogP contribution in [0.25, 0.3) is 0 Å². The number of rotatable bonds is 4. The molecular formula is C16H19N3O2. The molecule has 0 aromatic heterocycles. The van der Waals surface area contributed by atoms with Gasteiger partial charge < -0.3 is 21.1 Å². The Balaban J connectivity index is 1.99. The van der Waals surface area contributed by atoms with Crippen molar-refractivity contribution in [3.63, 3.8) is 0 Å². The normalized spacial score (nSPS) is 10.0. The van der Waals surface area contributed by atoms with E-state index >= 15 is 0 Å². The van der Waals surface area contributed by atoms with E-state index in [2.05, 4.69) is 10.6 Å². The molecule has 0 saturated heterocycles. The number of carbonyl (C=O) groups excluding carboxylic acids is 1. The number of amides is 2. The van der Waals surface area contributed by atoms with E-state index in [4.69, 9.17) is 10.5 Å². The molecule has 2 aromatic carbocycles. The average Bonchev–Trinajstić information content (AvgIpc) is 2.45. The van der Waals surface area contributed by atoms with Crippen molar-refractivity contribution in [1.82, 2.24) is 0 Å². The highest BCUT2D eigenvalue weighted by Crippen LogP contribution is 2.20. The van der Waals surface area contributed by atoms with Crippen molar-refractivity contribution in [3.8, 4) is 5.75 Å². The Morgan fingerprint density at radius 3 is 2.52 bits per heavy atom. The Hall–Kier alpha value is -2.69. The Bertz CT molecular complexity index is 624. The minimum absolute atomic E-state index is 0.337. The molecule has 0 bridgehead atoms. The third kappa shape index (κ3) is 4.14. The zero-order valence-corrected chi connectivity index (χ0v) is 12.1. The lowest BCUT2D eigenvalue weighted by molar-refractivity contribution is 0.262. The van der Waals surface area contributed by atoms with Gasteiger partial charge in [0.1, 0.15) is 5.75 Å². The number of hydrogen-bond donors (Lipinski definition) is 3. The maximum absolute atomic E-state index is 11.9. The lowest BCUT2D eigenvalue weighted by Gasteiger charge is -2.11. The van der Waals surface area contributed by atoms with E-state index in [-0.39, 0.29) is 6.03 Å². The summed E-state index contributed by atoms with van der Waals surface area (Å²) in [5, 5.41) is 5.48. The van der Waals surface area contributed by atoms with Gasteiger partial charge in [0.15, 0.2) is 0 Å². The first kappa shape index (κ1) is 14.7. The van der Waals surface area contributed by atoms with Crippen molar-refractivity contribution in [2.24, 2.45) is 0 Å². The van der Waals surface area contributed by atoms with Gasteiger partial charge in [-0.25, -0.2) is 4.79 Å². The van der Waals surface area contributed by atoms with E-state index in [0.717, 1.165) is 11.3 Å². The van der Waals surface area contributed by atoms with Gasteiger partial charge in [-0.05, 0) is 55.8 Å². The summed E-state index contributed by atoms with van der Waals surface area (Å²) in [7, 11) is 0. The standard InChI is InChI=1S/C16H19N3O2/c1-3-21-13-7-5-12(6-8-13)18-16(20)19-15-10-11(2)4-9-14(15)17/h4-10H,3,17H2,1-2H3,(H2,18,19,20). The van der Waals surface area contributed by atoms with Gasteiger partial charge in [-0.2, -0.15) is 0 Å². The molecule has 0 fully saturated rings. The predicted octanol–water partition coefficient (Wildman–Crippen LogP) is 3.62. The van der Waals surface area contributed by atoms with Crippen LogP contribution in [0.2, 0.25) is 0 Å². The zero-order valence-electron chi connectivity index (χ0n) is 12.1. The second-order valence-electron chi connectivity index (χ2n) is 4.63. The number of urea groups is 1. The Labute approximate surface area is 124 Å². The Morgan fingerprint density at radius 1 is 1.14 bits per heavy atom. The summed E-state index contributed by atoms with van der Waals surface area (Å²) in [6, 6.07) is 12.3. The van der Waals surface area contributed by atoms with Gasteiger partial charge in [-0.15, -0.1) is 0 Å². The van der Waals surface area contributed by atoms with Crippen molar-refractivity contribution in [2.45, 2.75) is 13.8 Å². The highest BCUT2D eigenvalue weighted by Gasteiger charge is 2.06. The molecule has 0 spiro atoms. The van der Waals surface area contributed by atoms with Crippen LogP contribution in [-0.4, -0.2) is 12.6 Å².